The smallest absolute Gasteiger partial charge is 0.270 e. The molecule has 0 amide bonds. The van der Waals surface area contributed by atoms with Crippen molar-refractivity contribution >= 4 is 46.1 Å². The molecule has 35 heavy (non-hydrogen) atoms. The van der Waals surface area contributed by atoms with E-state index in [1.54, 1.807) is 18.2 Å². The zero-order chi connectivity index (χ0) is 25.1. The summed E-state index contributed by atoms with van der Waals surface area (Å²) in [4.78, 5) is 2.50. The van der Waals surface area contributed by atoms with E-state index in [1.807, 2.05) is 19.1 Å². The SMILES string of the molecule is C=C(CC)c1ccc(CN(c2ccc(F)c(Cl)c2)S(=C)C2CCN(C3CB(C#N)C3)CC2)c(F)c1. The summed E-state index contributed by atoms with van der Waals surface area (Å²) in [6, 6.07) is 10.5. The molecule has 184 valence electrons. The summed E-state index contributed by atoms with van der Waals surface area (Å²) < 4.78 is 31.1. The van der Waals surface area contributed by atoms with Gasteiger partial charge in [0.15, 0.2) is 0 Å². The monoisotopic (exact) mass is 513 g/mol. The lowest BCUT2D eigenvalue weighted by molar-refractivity contribution is 0.176. The van der Waals surface area contributed by atoms with Crippen LogP contribution in [0.2, 0.25) is 17.7 Å². The molecule has 2 aliphatic rings. The lowest BCUT2D eigenvalue weighted by Crippen LogP contribution is -2.51. The lowest BCUT2D eigenvalue weighted by Gasteiger charge is -2.44. The van der Waals surface area contributed by atoms with Gasteiger partial charge in [0, 0.05) is 22.5 Å². The molecule has 0 saturated carbocycles. The lowest BCUT2D eigenvalue weighted by atomic mass is 9.34. The average molecular weight is 514 g/mol. The molecule has 1 unspecified atom stereocenters. The highest BCUT2D eigenvalue weighted by Crippen LogP contribution is 2.40. The minimum atomic E-state index is -0.475. The first-order valence-electron chi connectivity index (χ1n) is 12.2. The molecule has 2 fully saturated rings. The Labute approximate surface area is 215 Å². The summed E-state index contributed by atoms with van der Waals surface area (Å²) in [5, 5.41) is 9.46. The van der Waals surface area contributed by atoms with Crippen LogP contribution in [0.1, 0.15) is 37.3 Å². The number of rotatable bonds is 8. The van der Waals surface area contributed by atoms with Crippen molar-refractivity contribution in [1.29, 1.82) is 5.26 Å². The number of nitrogens with zero attached hydrogens (tertiary/aromatic N) is 3. The van der Waals surface area contributed by atoms with Crippen molar-refractivity contribution in [2.75, 3.05) is 17.4 Å². The highest BCUT2D eigenvalue weighted by atomic mass is 35.5. The zero-order valence-electron chi connectivity index (χ0n) is 20.2. The number of piperidine rings is 1. The molecule has 3 nitrogen and oxygen atoms in total. The van der Waals surface area contributed by atoms with Crippen LogP contribution < -0.4 is 4.31 Å². The van der Waals surface area contributed by atoms with Crippen LogP contribution in [0.5, 0.6) is 0 Å². The van der Waals surface area contributed by atoms with Crippen molar-refractivity contribution in [2.24, 2.45) is 0 Å². The average Bonchev–Trinajstić information content (AvgIpc) is 2.84. The van der Waals surface area contributed by atoms with E-state index in [1.165, 1.54) is 6.07 Å². The Kier molecular flexibility index (Phi) is 8.36. The molecular weight excluding hydrogens is 483 g/mol. The van der Waals surface area contributed by atoms with Crippen LogP contribution in [0.3, 0.4) is 0 Å². The number of hydrogen-bond acceptors (Lipinski definition) is 3. The van der Waals surface area contributed by atoms with E-state index in [-0.39, 0.29) is 17.6 Å². The summed E-state index contributed by atoms with van der Waals surface area (Å²) in [6.07, 6.45) is 4.68. The third kappa shape index (κ3) is 5.82. The summed E-state index contributed by atoms with van der Waals surface area (Å²) in [6.45, 7) is 8.50. The highest BCUT2D eigenvalue weighted by molar-refractivity contribution is 8.15. The van der Waals surface area contributed by atoms with Gasteiger partial charge in [-0.2, -0.15) is 0 Å². The van der Waals surface area contributed by atoms with Gasteiger partial charge in [-0.15, -0.1) is 0 Å². The third-order valence-corrected chi connectivity index (χ3v) is 9.79. The predicted molar refractivity (Wildman–Crippen MR) is 147 cm³/mol. The number of likely N-dealkylation sites (tertiary alicyclic amines) is 1. The number of benzene rings is 2. The molecule has 2 aromatic rings. The number of anilines is 1. The highest BCUT2D eigenvalue weighted by Gasteiger charge is 2.38. The maximum absolute atomic E-state index is 15.1. The van der Waals surface area contributed by atoms with Crippen LogP contribution in [0, 0.1) is 22.9 Å². The van der Waals surface area contributed by atoms with E-state index in [0.29, 0.717) is 23.4 Å². The van der Waals surface area contributed by atoms with E-state index in [9.17, 15) is 4.39 Å². The first kappa shape index (κ1) is 25.9. The minimum Gasteiger partial charge on any atom is -0.318 e. The molecule has 1 atom stereocenters. The Hall–Kier alpha value is -2.14. The van der Waals surface area contributed by atoms with Gasteiger partial charge in [0.2, 0.25) is 0 Å². The second-order valence-electron chi connectivity index (χ2n) is 9.49. The maximum atomic E-state index is 15.1. The first-order valence-corrected chi connectivity index (χ1v) is 14.0. The standard InChI is InChI=1S/C27H31BClF2N3S/c1-4-19(2)20-5-6-21(27(31)13-20)17-34(22-7-8-26(30)25(29)14-22)35(3)24-9-11-33(12-10-24)23-15-28(16-23)18-32/h5-8,13-14,23-24H,2-4,9-12,15-17H2,1H3. The molecule has 8 heteroatoms. The summed E-state index contributed by atoms with van der Waals surface area (Å²) in [7, 11) is -0.466. The van der Waals surface area contributed by atoms with E-state index in [2.05, 4.69) is 27.6 Å². The first-order chi connectivity index (χ1) is 16.8. The number of hydrogen-bond donors (Lipinski definition) is 0. The molecule has 2 saturated heterocycles. The normalized spacial score (nSPS) is 18.1. The van der Waals surface area contributed by atoms with Gasteiger partial charge in [0.25, 0.3) is 6.71 Å². The predicted octanol–water partition coefficient (Wildman–Crippen LogP) is 7.07. The molecule has 2 heterocycles. The van der Waals surface area contributed by atoms with Crippen LogP contribution in [-0.2, 0) is 6.54 Å². The van der Waals surface area contributed by atoms with Crippen molar-refractivity contribution < 1.29 is 8.78 Å². The van der Waals surface area contributed by atoms with Gasteiger partial charge in [-0.05, 0) is 86.4 Å². The van der Waals surface area contributed by atoms with E-state index in [4.69, 9.17) is 16.9 Å². The van der Waals surface area contributed by atoms with E-state index < -0.39 is 16.5 Å². The fraction of sp³-hybridized carbons (Fsp3) is 0.407. The molecule has 2 aliphatic heterocycles. The Balaban J connectivity index is 1.52. The minimum absolute atomic E-state index is 0.0476. The maximum Gasteiger partial charge on any atom is 0.270 e. The van der Waals surface area contributed by atoms with Gasteiger partial charge in [-0.3, -0.25) is 0 Å². The molecule has 2 aromatic carbocycles. The van der Waals surface area contributed by atoms with Crippen molar-refractivity contribution in [3.63, 3.8) is 0 Å². The fourth-order valence-electron chi connectivity index (χ4n) is 4.89. The molecule has 0 N–H and O–H groups in total. The Morgan fingerprint density at radius 1 is 1.20 bits per heavy atom. The molecule has 0 aliphatic carbocycles. The van der Waals surface area contributed by atoms with Gasteiger partial charge < -0.3 is 9.21 Å². The molecule has 0 bridgehead atoms. The molecular formula is C27H31BClF2N3S. The molecule has 0 spiro atoms. The summed E-state index contributed by atoms with van der Waals surface area (Å²) in [5.74, 6) is 6.14. The number of allylic oxidation sites excluding steroid dienone is 1. The third-order valence-electron chi connectivity index (χ3n) is 7.35. The van der Waals surface area contributed by atoms with Crippen molar-refractivity contribution in [2.45, 2.75) is 56.7 Å². The van der Waals surface area contributed by atoms with Gasteiger partial charge in [0.05, 0.1) is 11.6 Å². The largest absolute Gasteiger partial charge is 0.318 e. The van der Waals surface area contributed by atoms with E-state index in [0.717, 1.165) is 61.8 Å². The van der Waals surface area contributed by atoms with Crippen LogP contribution >= 0.6 is 22.3 Å². The van der Waals surface area contributed by atoms with Crippen LogP contribution in [-0.4, -0.2) is 41.9 Å². The van der Waals surface area contributed by atoms with Crippen molar-refractivity contribution in [1.82, 2.24) is 4.90 Å². The van der Waals surface area contributed by atoms with E-state index >= 15 is 4.39 Å². The molecule has 0 radical (unpaired) electrons. The molecule has 0 aromatic heterocycles. The Morgan fingerprint density at radius 2 is 1.91 bits per heavy atom. The van der Waals surface area contributed by atoms with Crippen LogP contribution in [0.4, 0.5) is 14.5 Å². The zero-order valence-corrected chi connectivity index (χ0v) is 21.7. The topological polar surface area (TPSA) is 30.3 Å². The quantitative estimate of drug-likeness (QED) is 0.279. The van der Waals surface area contributed by atoms with Crippen LogP contribution in [0.15, 0.2) is 43.0 Å². The van der Waals surface area contributed by atoms with Gasteiger partial charge >= 0.3 is 0 Å². The van der Waals surface area contributed by atoms with Gasteiger partial charge in [-0.1, -0.05) is 53.8 Å². The van der Waals surface area contributed by atoms with Crippen molar-refractivity contribution in [3.8, 4) is 5.97 Å². The van der Waals surface area contributed by atoms with Gasteiger partial charge in [0.1, 0.15) is 11.6 Å². The second kappa shape index (κ2) is 11.3. The summed E-state index contributed by atoms with van der Waals surface area (Å²) >= 11 is 6.12. The fourth-order valence-corrected chi connectivity index (χ4v) is 6.87. The second-order valence-corrected chi connectivity index (χ2v) is 11.8. The number of nitriles is 1. The summed E-state index contributed by atoms with van der Waals surface area (Å²) in [5.41, 5.74) is 3.01. The number of halogens is 3. The Morgan fingerprint density at radius 3 is 2.51 bits per heavy atom. The van der Waals surface area contributed by atoms with Gasteiger partial charge in [-0.25, -0.2) is 14.0 Å². The van der Waals surface area contributed by atoms with Crippen molar-refractivity contribution in [3.05, 3.63) is 70.8 Å². The molecule has 4 rings (SSSR count). The Bertz CT molecular complexity index is 1150. The van der Waals surface area contributed by atoms with Crippen LogP contribution in [0.25, 0.3) is 5.57 Å².